The van der Waals surface area contributed by atoms with Gasteiger partial charge in [0.1, 0.15) is 0 Å². The molecule has 6 aliphatic carbocycles. The van der Waals surface area contributed by atoms with Crippen molar-refractivity contribution in [1.29, 1.82) is 0 Å². The van der Waals surface area contributed by atoms with Crippen LogP contribution < -0.4 is 0 Å². The van der Waals surface area contributed by atoms with Gasteiger partial charge >= 0.3 is 253 Å². The average Bonchev–Trinajstić information content (AvgIpc) is 3.80. The zero-order valence-electron chi connectivity index (χ0n) is 25.9. The summed E-state index contributed by atoms with van der Waals surface area (Å²) < 4.78 is 0. The first-order chi connectivity index (χ1) is 18.9. The summed E-state index contributed by atoms with van der Waals surface area (Å²) in [6.45, 7) is 2.55. The summed E-state index contributed by atoms with van der Waals surface area (Å²) in [6, 6.07) is 0. The van der Waals surface area contributed by atoms with E-state index in [1.54, 1.807) is 5.57 Å². The molecule has 40 heavy (non-hydrogen) atoms. The van der Waals surface area contributed by atoms with Crippen LogP contribution in [-0.2, 0) is 19.5 Å². The number of halogens is 2. The van der Waals surface area contributed by atoms with Crippen LogP contribution in [0.5, 0.6) is 0 Å². The van der Waals surface area contributed by atoms with Crippen molar-refractivity contribution in [3.05, 3.63) is 11.6 Å². The second kappa shape index (κ2) is 13.3. The van der Waals surface area contributed by atoms with Crippen molar-refractivity contribution in [2.45, 2.75) is 195 Å². The van der Waals surface area contributed by atoms with Crippen LogP contribution in [-0.4, -0.2) is 46.3 Å². The number of rotatable bonds is 10. The Morgan fingerprint density at radius 1 is 0.475 bits per heavy atom. The molecule has 0 amide bonds. The Morgan fingerprint density at radius 3 is 0.950 bits per heavy atom. The fraction of sp³-hybridized carbons (Fsp3) is 0.943. The molecule has 0 spiro atoms. The molecule has 0 aromatic carbocycles. The predicted octanol–water partition coefficient (Wildman–Crippen LogP) is 13.0. The van der Waals surface area contributed by atoms with Gasteiger partial charge in [-0.1, -0.05) is 0 Å². The summed E-state index contributed by atoms with van der Waals surface area (Å²) in [6.07, 6.45) is 40.1. The van der Waals surface area contributed by atoms with Crippen LogP contribution in [0.3, 0.4) is 0 Å². The zero-order chi connectivity index (χ0) is 27.0. The van der Waals surface area contributed by atoms with E-state index in [1.165, 1.54) is 166 Å². The maximum Gasteiger partial charge on any atom is 0 e. The summed E-state index contributed by atoms with van der Waals surface area (Å²) in [4.78, 5) is 0. The fourth-order valence-corrected chi connectivity index (χ4v) is 33.0. The minimum absolute atomic E-state index is 0. The third-order valence-electron chi connectivity index (χ3n) is 14.3. The van der Waals surface area contributed by atoms with Gasteiger partial charge in [-0.3, -0.25) is 0 Å². The molecule has 6 aliphatic rings. The fourth-order valence-electron chi connectivity index (χ4n) is 12.5. The molecule has 0 aromatic heterocycles. The molecule has 0 unspecified atom stereocenters. The zero-order valence-corrected chi connectivity index (χ0v) is 31.0. The molecule has 0 atom stereocenters. The van der Waals surface area contributed by atoms with E-state index in [4.69, 9.17) is 22.5 Å². The SMILES string of the molecule is CC(=CCP(Cl)(C1CCCC1)(C1CCCC1)C1CCCC1)CP(Cl)(C1CCCC1)(C1CCCC1)C1CCCC1.[Ru]. The minimum Gasteiger partial charge on any atom is 0 e. The van der Waals surface area contributed by atoms with Crippen LogP contribution >= 0.6 is 34.4 Å². The van der Waals surface area contributed by atoms with Crippen LogP contribution in [0, 0.1) is 0 Å². The van der Waals surface area contributed by atoms with Gasteiger partial charge in [-0.2, -0.15) is 0 Å². The van der Waals surface area contributed by atoms with Crippen molar-refractivity contribution in [3.8, 4) is 0 Å². The summed E-state index contributed by atoms with van der Waals surface area (Å²) in [5, 5.41) is 0. The maximum atomic E-state index is 8.74. The van der Waals surface area contributed by atoms with Crippen molar-refractivity contribution >= 4 is 34.4 Å². The molecule has 0 N–H and O–H groups in total. The predicted molar refractivity (Wildman–Crippen MR) is 183 cm³/mol. The molecule has 0 nitrogen and oxygen atoms in total. The Balaban J connectivity index is 0.00000323. The summed E-state index contributed by atoms with van der Waals surface area (Å²) >= 11 is 17.5. The van der Waals surface area contributed by atoms with Crippen LogP contribution in [0.1, 0.15) is 161 Å². The largest absolute Gasteiger partial charge is 0 e. The van der Waals surface area contributed by atoms with Crippen LogP contribution in [0.15, 0.2) is 11.6 Å². The van der Waals surface area contributed by atoms with Crippen molar-refractivity contribution < 1.29 is 19.5 Å². The van der Waals surface area contributed by atoms with Gasteiger partial charge in [-0.15, -0.1) is 0 Å². The molecular formula is C35H62Cl2P2Ru. The molecule has 0 heterocycles. The molecule has 0 bridgehead atoms. The third kappa shape index (κ3) is 5.46. The van der Waals surface area contributed by atoms with Gasteiger partial charge in [0.25, 0.3) is 0 Å². The van der Waals surface area contributed by atoms with Crippen molar-refractivity contribution in [2.75, 3.05) is 12.3 Å². The van der Waals surface area contributed by atoms with E-state index in [0.29, 0.717) is 0 Å². The Hall–Kier alpha value is 1.80. The molecule has 6 rings (SSSR count). The first kappa shape index (κ1) is 33.2. The Labute approximate surface area is 271 Å². The summed E-state index contributed by atoms with van der Waals surface area (Å²) in [7, 11) is 0. The second-order valence-corrected chi connectivity index (χ2v) is 31.5. The van der Waals surface area contributed by atoms with Gasteiger partial charge in [0.2, 0.25) is 0 Å². The van der Waals surface area contributed by atoms with E-state index < -0.39 is 11.9 Å². The molecule has 6 saturated carbocycles. The molecule has 5 heteroatoms. The molecule has 0 aliphatic heterocycles. The van der Waals surface area contributed by atoms with Crippen molar-refractivity contribution in [1.82, 2.24) is 0 Å². The van der Waals surface area contributed by atoms with E-state index in [9.17, 15) is 0 Å². The first-order valence-corrected chi connectivity index (χ1v) is 25.0. The number of hydrogen-bond donors (Lipinski definition) is 0. The van der Waals surface area contributed by atoms with Gasteiger partial charge in [0.05, 0.1) is 0 Å². The number of allylic oxidation sites excluding steroid dienone is 2. The molecule has 0 radical (unpaired) electrons. The molecule has 0 aromatic rings. The summed E-state index contributed by atoms with van der Waals surface area (Å²) in [5.74, 6) is -4.82. The van der Waals surface area contributed by atoms with E-state index in [-0.39, 0.29) is 19.5 Å². The standard InChI is InChI=1S/C35H62Cl2P2.Ru/c1-29(28-39(37,33-20-8-9-21-33,34-22-10-11-23-34)35-24-12-13-25-35)26-27-38(36,30-14-2-3-15-30,31-16-4-5-17-31)32-18-6-7-19-32;/h26,30-35H,2-25,27-28H2,1H3;. The summed E-state index contributed by atoms with van der Waals surface area (Å²) in [5.41, 5.74) is 6.86. The third-order valence-corrected chi connectivity index (χ3v) is 35.0. The van der Waals surface area contributed by atoms with Crippen molar-refractivity contribution in [2.24, 2.45) is 0 Å². The topological polar surface area (TPSA) is 0 Å². The first-order valence-electron chi connectivity index (χ1n) is 18.0. The molecule has 6 fully saturated rings. The van der Waals surface area contributed by atoms with E-state index in [2.05, 4.69) is 13.0 Å². The quantitative estimate of drug-likeness (QED) is 0.120. The average molecular weight is 717 g/mol. The van der Waals surface area contributed by atoms with Crippen LogP contribution in [0.2, 0.25) is 0 Å². The van der Waals surface area contributed by atoms with Gasteiger partial charge in [-0.25, -0.2) is 0 Å². The van der Waals surface area contributed by atoms with Gasteiger partial charge < -0.3 is 0 Å². The van der Waals surface area contributed by atoms with Crippen molar-refractivity contribution in [3.63, 3.8) is 0 Å². The monoisotopic (exact) mass is 716 g/mol. The van der Waals surface area contributed by atoms with Gasteiger partial charge in [0, 0.05) is 19.5 Å². The molecule has 0 saturated heterocycles. The smallest absolute Gasteiger partial charge is 0 e. The van der Waals surface area contributed by atoms with Crippen LogP contribution in [0.25, 0.3) is 0 Å². The Bertz CT molecular complexity index is 781. The van der Waals surface area contributed by atoms with Crippen LogP contribution in [0.4, 0.5) is 0 Å². The maximum absolute atomic E-state index is 8.74. The van der Waals surface area contributed by atoms with E-state index >= 15 is 0 Å². The Kier molecular flexibility index (Phi) is 11.0. The van der Waals surface area contributed by atoms with E-state index in [0.717, 1.165) is 34.0 Å². The number of hydrogen-bond acceptors (Lipinski definition) is 0. The minimum atomic E-state index is -2.42. The van der Waals surface area contributed by atoms with E-state index in [1.807, 2.05) is 0 Å². The molecular weight excluding hydrogens is 654 g/mol. The van der Waals surface area contributed by atoms with Gasteiger partial charge in [-0.05, 0) is 0 Å². The van der Waals surface area contributed by atoms with Gasteiger partial charge in [0.15, 0.2) is 0 Å². The normalized spacial score (nSPS) is 29.6. The molecule has 234 valence electrons. The Morgan fingerprint density at radius 2 is 0.700 bits per heavy atom. The second-order valence-electron chi connectivity index (χ2n) is 15.8.